The number of anilines is 1. The van der Waals surface area contributed by atoms with E-state index in [-0.39, 0.29) is 0 Å². The third-order valence-electron chi connectivity index (χ3n) is 3.92. The molecule has 4 aromatic rings. The first-order valence-corrected chi connectivity index (χ1v) is 7.07. The average Bonchev–Trinajstić information content (AvgIpc) is 2.74. The van der Waals surface area contributed by atoms with Crippen molar-refractivity contribution in [3.63, 3.8) is 0 Å². The third-order valence-corrected chi connectivity index (χ3v) is 3.92. The smallest absolute Gasteiger partial charge is 0.157 e. The summed E-state index contributed by atoms with van der Waals surface area (Å²) in [5.41, 5.74) is 9.41. The second-order valence-corrected chi connectivity index (χ2v) is 5.24. The summed E-state index contributed by atoms with van der Waals surface area (Å²) in [5.74, 6) is 0. The molecule has 5 nitrogen and oxygen atoms in total. The van der Waals surface area contributed by atoms with Crippen LogP contribution in [0.15, 0.2) is 47.6 Å². The molecular weight excluding hydrogens is 274 g/mol. The number of para-hydroxylation sites is 1. The maximum atomic E-state index is 4.79. The van der Waals surface area contributed by atoms with Crippen LogP contribution < -0.4 is 5.43 Å². The monoisotopic (exact) mass is 285 g/mol. The molecule has 2 aromatic heterocycles. The number of benzene rings is 2. The zero-order chi connectivity index (χ0) is 14.5. The molecule has 104 valence electrons. The molecule has 3 heterocycles. The molecule has 0 unspecified atom stereocenters. The Morgan fingerprint density at radius 2 is 1.86 bits per heavy atom. The van der Waals surface area contributed by atoms with Crippen molar-refractivity contribution in [2.75, 3.05) is 5.43 Å². The molecule has 0 aliphatic carbocycles. The predicted molar refractivity (Wildman–Crippen MR) is 90.0 cm³/mol. The summed E-state index contributed by atoms with van der Waals surface area (Å²) in [6.07, 6.45) is 5.63. The lowest BCUT2D eigenvalue weighted by Crippen LogP contribution is -1.95. The molecule has 22 heavy (non-hydrogen) atoms. The van der Waals surface area contributed by atoms with Gasteiger partial charge in [0.25, 0.3) is 0 Å². The molecule has 0 spiro atoms. The number of allylic oxidation sites excluding steroid dienone is 1. The van der Waals surface area contributed by atoms with Gasteiger partial charge in [0, 0.05) is 22.7 Å². The molecule has 5 rings (SSSR count). The van der Waals surface area contributed by atoms with E-state index in [2.05, 4.69) is 21.6 Å². The van der Waals surface area contributed by atoms with E-state index in [4.69, 9.17) is 9.97 Å². The van der Waals surface area contributed by atoms with E-state index in [0.717, 1.165) is 44.4 Å². The van der Waals surface area contributed by atoms with Crippen LogP contribution in [-0.4, -0.2) is 21.2 Å². The van der Waals surface area contributed by atoms with Gasteiger partial charge in [-0.25, -0.2) is 9.97 Å². The zero-order valence-corrected chi connectivity index (χ0v) is 11.5. The first kappa shape index (κ1) is 11.4. The van der Waals surface area contributed by atoms with Crippen LogP contribution in [0.25, 0.3) is 39.2 Å². The number of hydrogen-bond donors (Lipinski definition) is 2. The number of aromatic nitrogens is 3. The summed E-state index contributed by atoms with van der Waals surface area (Å²) in [7, 11) is 0. The lowest BCUT2D eigenvalue weighted by Gasteiger charge is -2.07. The molecule has 0 saturated carbocycles. The standard InChI is InChI=1S/C17H11N5/c1-2-6-12-11(5-1)15-17(20-12)21-16-13(19-15)8-7-10-4-3-9-18-22-14(10)16/h1-9,22H,(H,20,21). The number of nitrogens with one attached hydrogen (secondary N) is 2. The Morgan fingerprint density at radius 1 is 0.909 bits per heavy atom. The average molecular weight is 285 g/mol. The Labute approximate surface area is 125 Å². The first-order chi connectivity index (χ1) is 10.9. The molecule has 2 N–H and O–H groups in total. The van der Waals surface area contributed by atoms with E-state index < -0.39 is 0 Å². The number of H-pyrrole nitrogens is 1. The Morgan fingerprint density at radius 3 is 2.86 bits per heavy atom. The van der Waals surface area contributed by atoms with Crippen LogP contribution in [0, 0.1) is 0 Å². The zero-order valence-electron chi connectivity index (χ0n) is 11.5. The molecular formula is C17H11N5. The van der Waals surface area contributed by atoms with Gasteiger partial charge in [-0.2, -0.15) is 5.10 Å². The van der Waals surface area contributed by atoms with Crippen LogP contribution >= 0.6 is 0 Å². The third kappa shape index (κ3) is 1.50. The number of rotatable bonds is 0. The van der Waals surface area contributed by atoms with Crippen LogP contribution in [-0.2, 0) is 0 Å². The summed E-state index contributed by atoms with van der Waals surface area (Å²) in [5, 5.41) is 5.24. The van der Waals surface area contributed by atoms with Crippen molar-refractivity contribution < 1.29 is 0 Å². The van der Waals surface area contributed by atoms with Crippen LogP contribution in [0.1, 0.15) is 5.56 Å². The fraction of sp³-hybridized carbons (Fsp3) is 0. The highest BCUT2D eigenvalue weighted by atomic mass is 15.3. The van der Waals surface area contributed by atoms with E-state index in [9.17, 15) is 0 Å². The van der Waals surface area contributed by atoms with Crippen molar-refractivity contribution in [2.24, 2.45) is 5.10 Å². The normalized spacial score (nSPS) is 13.5. The minimum atomic E-state index is 0.793. The summed E-state index contributed by atoms with van der Waals surface area (Å²) >= 11 is 0. The molecule has 1 aliphatic heterocycles. The number of fused-ring (bicyclic) bond motifs is 6. The van der Waals surface area contributed by atoms with E-state index in [1.165, 1.54) is 0 Å². The number of hydrogen-bond acceptors (Lipinski definition) is 4. The summed E-state index contributed by atoms with van der Waals surface area (Å²) in [6.45, 7) is 0. The summed E-state index contributed by atoms with van der Waals surface area (Å²) < 4.78 is 0. The number of hydrazone groups is 1. The van der Waals surface area contributed by atoms with E-state index in [1.54, 1.807) is 6.21 Å². The van der Waals surface area contributed by atoms with Gasteiger partial charge in [-0.1, -0.05) is 30.3 Å². The molecule has 5 heteroatoms. The fourth-order valence-electron chi connectivity index (χ4n) is 2.89. The molecule has 0 atom stereocenters. The summed E-state index contributed by atoms with van der Waals surface area (Å²) in [4.78, 5) is 12.9. The second kappa shape index (κ2) is 4.14. The SMILES string of the molecule is C1=Cc2ccc3nc4c(nc3c2NN=C1)[nH]c1ccccc14. The first-order valence-electron chi connectivity index (χ1n) is 7.07. The molecule has 2 aromatic carbocycles. The lowest BCUT2D eigenvalue weighted by molar-refractivity contribution is 1.31. The van der Waals surface area contributed by atoms with E-state index in [1.807, 2.05) is 42.5 Å². The predicted octanol–water partition coefficient (Wildman–Crippen LogP) is 3.69. The quantitative estimate of drug-likeness (QED) is 0.518. The maximum Gasteiger partial charge on any atom is 0.157 e. The lowest BCUT2D eigenvalue weighted by atomic mass is 10.1. The number of nitrogens with zero attached hydrogens (tertiary/aromatic N) is 3. The molecule has 0 radical (unpaired) electrons. The molecule has 1 aliphatic rings. The van der Waals surface area contributed by atoms with E-state index in [0.29, 0.717) is 0 Å². The fourth-order valence-corrected chi connectivity index (χ4v) is 2.89. The molecule has 0 bridgehead atoms. The van der Waals surface area contributed by atoms with Crippen LogP contribution in [0.5, 0.6) is 0 Å². The minimum Gasteiger partial charge on any atom is -0.338 e. The van der Waals surface area contributed by atoms with Crippen LogP contribution in [0.2, 0.25) is 0 Å². The minimum absolute atomic E-state index is 0.793. The summed E-state index contributed by atoms with van der Waals surface area (Å²) in [6, 6.07) is 12.1. The highest BCUT2D eigenvalue weighted by molar-refractivity contribution is 6.07. The van der Waals surface area contributed by atoms with Gasteiger partial charge < -0.3 is 4.98 Å². The topological polar surface area (TPSA) is 66.0 Å². The molecule has 0 amide bonds. The van der Waals surface area contributed by atoms with Gasteiger partial charge in [0.15, 0.2) is 5.65 Å². The van der Waals surface area contributed by atoms with Gasteiger partial charge in [-0.3, -0.25) is 5.43 Å². The van der Waals surface area contributed by atoms with Crippen molar-refractivity contribution >= 4 is 51.1 Å². The Hall–Kier alpha value is -3.21. The van der Waals surface area contributed by atoms with Crippen molar-refractivity contribution in [3.05, 3.63) is 48.0 Å². The Kier molecular flexibility index (Phi) is 2.16. The van der Waals surface area contributed by atoms with Crippen LogP contribution in [0.3, 0.4) is 0 Å². The van der Waals surface area contributed by atoms with Gasteiger partial charge in [-0.05, 0) is 18.2 Å². The Balaban J connectivity index is 1.93. The number of aromatic amines is 1. The van der Waals surface area contributed by atoms with Crippen molar-refractivity contribution in [1.82, 2.24) is 15.0 Å². The highest BCUT2D eigenvalue weighted by Gasteiger charge is 2.13. The molecule has 0 fully saturated rings. The van der Waals surface area contributed by atoms with Crippen molar-refractivity contribution in [3.8, 4) is 0 Å². The highest BCUT2D eigenvalue weighted by Crippen LogP contribution is 2.30. The van der Waals surface area contributed by atoms with E-state index >= 15 is 0 Å². The maximum absolute atomic E-state index is 4.79. The second-order valence-electron chi connectivity index (χ2n) is 5.24. The van der Waals surface area contributed by atoms with Crippen LogP contribution in [0.4, 0.5) is 5.69 Å². The van der Waals surface area contributed by atoms with Crippen molar-refractivity contribution in [2.45, 2.75) is 0 Å². The van der Waals surface area contributed by atoms with Crippen molar-refractivity contribution in [1.29, 1.82) is 0 Å². The van der Waals surface area contributed by atoms with Gasteiger partial charge in [-0.15, -0.1) is 0 Å². The van der Waals surface area contributed by atoms with Gasteiger partial charge >= 0.3 is 0 Å². The Bertz CT molecular complexity index is 1100. The van der Waals surface area contributed by atoms with Gasteiger partial charge in [0.05, 0.1) is 11.2 Å². The van der Waals surface area contributed by atoms with Gasteiger partial charge in [0.1, 0.15) is 11.0 Å². The van der Waals surface area contributed by atoms with Gasteiger partial charge in [0.2, 0.25) is 0 Å². The molecule has 0 saturated heterocycles. The largest absolute Gasteiger partial charge is 0.338 e.